The molecular weight excluding hydrogens is 152 g/mol. The SMILES string of the molecule is CNc1n[nH]c(=O)[nH]c1=S. The van der Waals surface area contributed by atoms with Crippen LogP contribution in [-0.4, -0.2) is 22.2 Å². The molecule has 0 aliphatic rings. The van der Waals surface area contributed by atoms with Crippen molar-refractivity contribution in [2.24, 2.45) is 0 Å². The maximum atomic E-state index is 10.5. The Hall–Kier alpha value is -1.17. The number of hydrogen-bond donors (Lipinski definition) is 3. The Kier molecular flexibility index (Phi) is 1.81. The maximum absolute atomic E-state index is 10.5. The van der Waals surface area contributed by atoms with Crippen LogP contribution in [0.5, 0.6) is 0 Å². The lowest BCUT2D eigenvalue weighted by Gasteiger charge is -1.94. The number of rotatable bonds is 1. The normalized spacial score (nSPS) is 9.30. The molecule has 0 aromatic carbocycles. The summed E-state index contributed by atoms with van der Waals surface area (Å²) in [6.07, 6.45) is 0. The fourth-order valence-electron chi connectivity index (χ4n) is 0.517. The molecule has 0 unspecified atom stereocenters. The van der Waals surface area contributed by atoms with Crippen LogP contribution >= 0.6 is 12.2 Å². The second-order valence-electron chi connectivity index (χ2n) is 1.61. The van der Waals surface area contributed by atoms with E-state index in [1.54, 1.807) is 7.05 Å². The van der Waals surface area contributed by atoms with E-state index in [4.69, 9.17) is 12.2 Å². The van der Waals surface area contributed by atoms with Crippen LogP contribution in [0.3, 0.4) is 0 Å². The van der Waals surface area contributed by atoms with Gasteiger partial charge in [-0.15, -0.1) is 0 Å². The van der Waals surface area contributed by atoms with E-state index in [1.165, 1.54) is 0 Å². The van der Waals surface area contributed by atoms with Crippen molar-refractivity contribution in [3.05, 3.63) is 15.1 Å². The minimum Gasteiger partial charge on any atom is -0.369 e. The van der Waals surface area contributed by atoms with E-state index >= 15 is 0 Å². The number of hydrogen-bond acceptors (Lipinski definition) is 4. The summed E-state index contributed by atoms with van der Waals surface area (Å²) >= 11 is 4.74. The minimum atomic E-state index is -0.399. The van der Waals surface area contributed by atoms with Crippen LogP contribution < -0.4 is 11.0 Å². The van der Waals surface area contributed by atoms with E-state index in [9.17, 15) is 4.79 Å². The summed E-state index contributed by atoms with van der Waals surface area (Å²) in [4.78, 5) is 12.9. The monoisotopic (exact) mass is 158 g/mol. The van der Waals surface area contributed by atoms with Gasteiger partial charge in [0, 0.05) is 7.05 Å². The van der Waals surface area contributed by atoms with Crippen LogP contribution in [0, 0.1) is 4.64 Å². The van der Waals surface area contributed by atoms with Crippen LogP contribution in [0.4, 0.5) is 5.82 Å². The average molecular weight is 158 g/mol. The van der Waals surface area contributed by atoms with Crippen LogP contribution in [0.25, 0.3) is 0 Å². The molecule has 0 saturated heterocycles. The predicted molar refractivity (Wildman–Crippen MR) is 39.6 cm³/mol. The Morgan fingerprint density at radius 2 is 2.40 bits per heavy atom. The third-order valence-electron chi connectivity index (χ3n) is 0.948. The van der Waals surface area contributed by atoms with Crippen LogP contribution in [0.15, 0.2) is 4.79 Å². The molecule has 6 heteroatoms. The molecule has 1 aromatic heterocycles. The van der Waals surface area contributed by atoms with Gasteiger partial charge in [-0.3, -0.25) is 4.98 Å². The van der Waals surface area contributed by atoms with E-state index in [0.29, 0.717) is 10.5 Å². The Morgan fingerprint density at radius 3 is 2.90 bits per heavy atom. The first kappa shape index (κ1) is 6.94. The average Bonchev–Trinajstić information content (AvgIpc) is 1.88. The Balaban J connectivity index is 3.34. The minimum absolute atomic E-state index is 0.311. The number of nitrogens with zero attached hydrogens (tertiary/aromatic N) is 1. The standard InChI is InChI=1S/C4H6N4OS/c1-5-2-3(10)6-4(9)8-7-2/h1H3,(H,5,7)(H2,6,8,9,10). The first-order valence-electron chi connectivity index (χ1n) is 2.61. The fraction of sp³-hybridized carbons (Fsp3) is 0.250. The van der Waals surface area contributed by atoms with Gasteiger partial charge in [-0.2, -0.15) is 5.10 Å². The van der Waals surface area contributed by atoms with Gasteiger partial charge in [-0.25, -0.2) is 9.89 Å². The van der Waals surface area contributed by atoms with Gasteiger partial charge in [0.15, 0.2) is 10.5 Å². The lowest BCUT2D eigenvalue weighted by molar-refractivity contribution is 0.909. The number of aromatic nitrogens is 3. The number of anilines is 1. The van der Waals surface area contributed by atoms with Gasteiger partial charge in [-0.1, -0.05) is 12.2 Å². The van der Waals surface area contributed by atoms with Gasteiger partial charge in [0.1, 0.15) is 0 Å². The van der Waals surface area contributed by atoms with Crippen molar-refractivity contribution in [3.8, 4) is 0 Å². The second-order valence-corrected chi connectivity index (χ2v) is 2.01. The Bertz CT molecular complexity index is 327. The summed E-state index contributed by atoms with van der Waals surface area (Å²) in [5.74, 6) is 0.467. The van der Waals surface area contributed by atoms with Crippen molar-refractivity contribution >= 4 is 18.0 Å². The van der Waals surface area contributed by atoms with Crippen molar-refractivity contribution in [1.82, 2.24) is 15.2 Å². The lowest BCUT2D eigenvalue weighted by atomic mass is 10.7. The molecule has 0 aliphatic carbocycles. The molecular formula is C4H6N4OS. The van der Waals surface area contributed by atoms with E-state index in [-0.39, 0.29) is 0 Å². The zero-order valence-electron chi connectivity index (χ0n) is 5.26. The van der Waals surface area contributed by atoms with Gasteiger partial charge in [0.2, 0.25) is 0 Å². The zero-order chi connectivity index (χ0) is 7.56. The van der Waals surface area contributed by atoms with Crippen molar-refractivity contribution in [2.75, 3.05) is 12.4 Å². The lowest BCUT2D eigenvalue weighted by Crippen LogP contribution is -2.13. The van der Waals surface area contributed by atoms with E-state index in [0.717, 1.165) is 0 Å². The zero-order valence-corrected chi connectivity index (χ0v) is 6.08. The molecule has 3 N–H and O–H groups in total. The van der Waals surface area contributed by atoms with Crippen LogP contribution in [0.2, 0.25) is 0 Å². The smallest absolute Gasteiger partial charge is 0.340 e. The highest BCUT2D eigenvalue weighted by molar-refractivity contribution is 7.71. The first-order chi connectivity index (χ1) is 4.74. The van der Waals surface area contributed by atoms with Crippen molar-refractivity contribution in [1.29, 1.82) is 0 Å². The summed E-state index contributed by atoms with van der Waals surface area (Å²) in [6, 6.07) is 0. The van der Waals surface area contributed by atoms with E-state index < -0.39 is 5.69 Å². The van der Waals surface area contributed by atoms with Gasteiger partial charge in [0.05, 0.1) is 0 Å². The van der Waals surface area contributed by atoms with Gasteiger partial charge >= 0.3 is 5.69 Å². The number of H-pyrrole nitrogens is 2. The molecule has 1 rings (SSSR count). The number of aromatic amines is 2. The molecule has 0 saturated carbocycles. The molecule has 0 radical (unpaired) electrons. The number of nitrogens with one attached hydrogen (secondary N) is 3. The summed E-state index contributed by atoms with van der Waals surface area (Å²) in [7, 11) is 1.67. The maximum Gasteiger partial charge on any atom is 0.340 e. The Morgan fingerprint density at radius 1 is 1.70 bits per heavy atom. The molecule has 1 aromatic rings. The second kappa shape index (κ2) is 2.61. The third-order valence-corrected chi connectivity index (χ3v) is 1.24. The van der Waals surface area contributed by atoms with Crippen molar-refractivity contribution in [3.63, 3.8) is 0 Å². The Labute approximate surface area is 61.5 Å². The molecule has 54 valence electrons. The molecule has 5 nitrogen and oxygen atoms in total. The molecule has 1 heterocycles. The molecule has 0 atom stereocenters. The van der Waals surface area contributed by atoms with Gasteiger partial charge < -0.3 is 5.32 Å². The highest BCUT2D eigenvalue weighted by atomic mass is 32.1. The summed E-state index contributed by atoms with van der Waals surface area (Å²) < 4.78 is 0.311. The predicted octanol–water partition coefficient (Wildman–Crippen LogP) is -0.131. The quantitative estimate of drug-likeness (QED) is 0.498. The fourth-order valence-corrected chi connectivity index (χ4v) is 0.758. The van der Waals surface area contributed by atoms with Crippen molar-refractivity contribution in [2.45, 2.75) is 0 Å². The molecule has 10 heavy (non-hydrogen) atoms. The highest BCUT2D eigenvalue weighted by Crippen LogP contribution is 1.94. The molecule has 0 amide bonds. The van der Waals surface area contributed by atoms with Gasteiger partial charge in [0.25, 0.3) is 0 Å². The molecule has 0 spiro atoms. The molecule has 0 aliphatic heterocycles. The first-order valence-corrected chi connectivity index (χ1v) is 3.01. The van der Waals surface area contributed by atoms with Crippen LogP contribution in [0.1, 0.15) is 0 Å². The highest BCUT2D eigenvalue weighted by Gasteiger charge is 1.91. The van der Waals surface area contributed by atoms with Gasteiger partial charge in [-0.05, 0) is 0 Å². The summed E-state index contributed by atoms with van der Waals surface area (Å²) in [6.45, 7) is 0. The van der Waals surface area contributed by atoms with E-state index in [2.05, 4.69) is 20.5 Å². The molecule has 0 bridgehead atoms. The third kappa shape index (κ3) is 1.21. The summed E-state index contributed by atoms with van der Waals surface area (Å²) in [5.41, 5.74) is -0.399. The topological polar surface area (TPSA) is 73.6 Å². The largest absolute Gasteiger partial charge is 0.369 e. The van der Waals surface area contributed by atoms with Crippen LogP contribution in [-0.2, 0) is 0 Å². The summed E-state index contributed by atoms with van der Waals surface area (Å²) in [5, 5.41) is 8.52. The molecule has 0 fully saturated rings. The van der Waals surface area contributed by atoms with E-state index in [1.807, 2.05) is 0 Å². The van der Waals surface area contributed by atoms with Crippen molar-refractivity contribution < 1.29 is 0 Å².